The van der Waals surface area contributed by atoms with E-state index in [1.807, 2.05) is 0 Å². The number of ketones is 1. The zero-order valence-electron chi connectivity index (χ0n) is 12.8. The van der Waals surface area contributed by atoms with Gasteiger partial charge < -0.3 is 9.47 Å². The van der Waals surface area contributed by atoms with Crippen LogP contribution >= 0.6 is 0 Å². The highest BCUT2D eigenvalue weighted by atomic mass is 16.5. The van der Waals surface area contributed by atoms with Crippen molar-refractivity contribution >= 4 is 5.78 Å². The van der Waals surface area contributed by atoms with Crippen LogP contribution in [0.1, 0.15) is 44.9 Å². The Hall–Kier alpha value is -0.450. The Morgan fingerprint density at radius 3 is 2.85 bits per heavy atom. The first-order valence-corrected chi connectivity index (χ1v) is 8.16. The molecule has 0 aromatic heterocycles. The van der Waals surface area contributed by atoms with Crippen LogP contribution in [0.3, 0.4) is 0 Å². The minimum absolute atomic E-state index is 0.305. The fraction of sp³-hybridized carbons (Fsp3) is 0.938. The van der Waals surface area contributed by atoms with Gasteiger partial charge >= 0.3 is 0 Å². The predicted molar refractivity (Wildman–Crippen MR) is 78.9 cm³/mol. The van der Waals surface area contributed by atoms with E-state index in [9.17, 15) is 4.79 Å². The summed E-state index contributed by atoms with van der Waals surface area (Å²) in [4.78, 5) is 14.6. The average molecular weight is 283 g/mol. The van der Waals surface area contributed by atoms with Gasteiger partial charge in [0.05, 0.1) is 6.61 Å². The van der Waals surface area contributed by atoms with Gasteiger partial charge in [-0.25, -0.2) is 0 Å². The van der Waals surface area contributed by atoms with E-state index in [1.165, 1.54) is 19.3 Å². The van der Waals surface area contributed by atoms with E-state index in [-0.39, 0.29) is 0 Å². The smallest absolute Gasteiger partial charge is 0.137 e. The molecule has 0 amide bonds. The number of carbonyl (C=O) groups is 1. The largest absolute Gasteiger partial charge is 0.385 e. The molecule has 116 valence electrons. The van der Waals surface area contributed by atoms with Crippen molar-refractivity contribution < 1.29 is 14.3 Å². The fourth-order valence-corrected chi connectivity index (χ4v) is 3.59. The van der Waals surface area contributed by atoms with Gasteiger partial charge in [-0.2, -0.15) is 0 Å². The number of hydrogen-bond acceptors (Lipinski definition) is 4. The molecule has 2 aliphatic rings. The maximum absolute atomic E-state index is 12.1. The molecule has 2 rings (SSSR count). The summed E-state index contributed by atoms with van der Waals surface area (Å²) >= 11 is 0. The lowest BCUT2D eigenvalue weighted by Crippen LogP contribution is -2.42. The minimum Gasteiger partial charge on any atom is -0.385 e. The maximum atomic E-state index is 12.1. The molecular weight excluding hydrogens is 254 g/mol. The van der Waals surface area contributed by atoms with E-state index in [1.54, 1.807) is 7.11 Å². The molecule has 4 nitrogen and oxygen atoms in total. The molecule has 20 heavy (non-hydrogen) atoms. The molecule has 2 unspecified atom stereocenters. The van der Waals surface area contributed by atoms with Gasteiger partial charge in [-0.15, -0.1) is 0 Å². The van der Waals surface area contributed by atoms with Gasteiger partial charge in [0, 0.05) is 45.2 Å². The number of hydrogen-bond donors (Lipinski definition) is 0. The van der Waals surface area contributed by atoms with Crippen molar-refractivity contribution in [2.45, 2.75) is 51.0 Å². The highest BCUT2D eigenvalue weighted by Crippen LogP contribution is 2.32. The summed E-state index contributed by atoms with van der Waals surface area (Å²) < 4.78 is 10.7. The Labute approximate surface area is 122 Å². The molecule has 1 saturated heterocycles. The van der Waals surface area contributed by atoms with Crippen LogP contribution in [0.2, 0.25) is 0 Å². The molecule has 1 aliphatic heterocycles. The third kappa shape index (κ3) is 4.54. The van der Waals surface area contributed by atoms with Gasteiger partial charge in [-0.3, -0.25) is 9.69 Å². The number of methoxy groups -OCH3 is 1. The Morgan fingerprint density at radius 1 is 1.15 bits per heavy atom. The van der Waals surface area contributed by atoms with Crippen LogP contribution in [-0.2, 0) is 14.3 Å². The lowest BCUT2D eigenvalue weighted by Gasteiger charge is -2.33. The molecule has 0 aromatic carbocycles. The van der Waals surface area contributed by atoms with Crippen LogP contribution in [0.4, 0.5) is 0 Å². The number of ether oxygens (including phenoxy) is 2. The molecule has 1 aliphatic carbocycles. The molecule has 0 radical (unpaired) electrons. The topological polar surface area (TPSA) is 38.8 Å². The van der Waals surface area contributed by atoms with E-state index in [0.29, 0.717) is 17.7 Å². The monoisotopic (exact) mass is 283 g/mol. The predicted octanol–water partition coefficient (Wildman–Crippen LogP) is 2.26. The Balaban J connectivity index is 1.69. The summed E-state index contributed by atoms with van der Waals surface area (Å²) in [7, 11) is 1.72. The molecule has 0 bridgehead atoms. The molecular formula is C16H29NO3. The van der Waals surface area contributed by atoms with Gasteiger partial charge in [0.1, 0.15) is 5.78 Å². The fourth-order valence-electron chi connectivity index (χ4n) is 3.59. The van der Waals surface area contributed by atoms with Gasteiger partial charge in [0.25, 0.3) is 0 Å². The molecule has 0 spiro atoms. The van der Waals surface area contributed by atoms with Crippen LogP contribution < -0.4 is 0 Å². The van der Waals surface area contributed by atoms with E-state index in [2.05, 4.69) is 4.90 Å². The van der Waals surface area contributed by atoms with E-state index < -0.39 is 0 Å². The van der Waals surface area contributed by atoms with Crippen molar-refractivity contribution in [3.63, 3.8) is 0 Å². The molecule has 2 fully saturated rings. The summed E-state index contributed by atoms with van der Waals surface area (Å²) in [6.07, 6.45) is 7.63. The van der Waals surface area contributed by atoms with Crippen molar-refractivity contribution in [3.05, 3.63) is 0 Å². The van der Waals surface area contributed by atoms with Crippen molar-refractivity contribution in [1.82, 2.24) is 4.90 Å². The van der Waals surface area contributed by atoms with Crippen molar-refractivity contribution in [3.8, 4) is 0 Å². The number of likely N-dealkylation sites (tertiary alicyclic amines) is 1. The zero-order chi connectivity index (χ0) is 14.2. The molecule has 1 saturated carbocycles. The third-order valence-corrected chi connectivity index (χ3v) is 4.64. The van der Waals surface area contributed by atoms with Gasteiger partial charge in [0.2, 0.25) is 0 Å². The molecule has 4 heteroatoms. The SMILES string of the molecule is COCCCOCCN1CCCC1C1CCCCC1=O. The Bertz CT molecular complexity index is 295. The van der Waals surface area contributed by atoms with Crippen molar-refractivity contribution in [1.29, 1.82) is 0 Å². The molecule has 1 heterocycles. The maximum Gasteiger partial charge on any atom is 0.137 e. The lowest BCUT2D eigenvalue weighted by molar-refractivity contribution is -0.126. The molecule has 0 aromatic rings. The van der Waals surface area contributed by atoms with Gasteiger partial charge in [-0.05, 0) is 38.6 Å². The lowest BCUT2D eigenvalue weighted by atomic mass is 9.82. The first kappa shape index (κ1) is 15.9. The van der Waals surface area contributed by atoms with Crippen molar-refractivity contribution in [2.24, 2.45) is 5.92 Å². The second-order valence-electron chi connectivity index (χ2n) is 6.02. The van der Waals surface area contributed by atoms with Crippen LogP contribution in [0, 0.1) is 5.92 Å². The van der Waals surface area contributed by atoms with E-state index in [4.69, 9.17) is 9.47 Å². The Kier molecular flexibility index (Phi) is 6.97. The van der Waals surface area contributed by atoms with Gasteiger partial charge in [0.15, 0.2) is 0 Å². The number of Topliss-reactive ketones (excluding diaryl/α,β-unsaturated/α-hetero) is 1. The average Bonchev–Trinajstić information content (AvgIpc) is 2.91. The zero-order valence-corrected chi connectivity index (χ0v) is 12.8. The number of nitrogens with zero attached hydrogens (tertiary/aromatic N) is 1. The van der Waals surface area contributed by atoms with E-state index >= 15 is 0 Å². The summed E-state index contributed by atoms with van der Waals surface area (Å²) in [5, 5.41) is 0. The Morgan fingerprint density at radius 2 is 2.05 bits per heavy atom. The quantitative estimate of drug-likeness (QED) is 0.641. The first-order valence-electron chi connectivity index (χ1n) is 8.16. The second-order valence-corrected chi connectivity index (χ2v) is 6.02. The summed E-state index contributed by atoms with van der Waals surface area (Å²) in [5.74, 6) is 0.814. The normalized spacial score (nSPS) is 28.1. The first-order chi connectivity index (χ1) is 9.83. The molecule has 2 atom stereocenters. The van der Waals surface area contributed by atoms with Crippen molar-refractivity contribution in [2.75, 3.05) is 40.0 Å². The van der Waals surface area contributed by atoms with Crippen LogP contribution in [0.5, 0.6) is 0 Å². The number of carbonyl (C=O) groups excluding carboxylic acids is 1. The summed E-state index contributed by atoms with van der Waals surface area (Å²) in [5.41, 5.74) is 0. The van der Waals surface area contributed by atoms with Crippen LogP contribution in [-0.4, -0.2) is 56.7 Å². The van der Waals surface area contributed by atoms with E-state index in [0.717, 1.165) is 58.6 Å². The minimum atomic E-state index is 0.305. The van der Waals surface area contributed by atoms with Gasteiger partial charge in [-0.1, -0.05) is 6.42 Å². The van der Waals surface area contributed by atoms with Crippen LogP contribution in [0.25, 0.3) is 0 Å². The number of rotatable bonds is 8. The highest BCUT2D eigenvalue weighted by Gasteiger charge is 2.36. The summed E-state index contributed by atoms with van der Waals surface area (Å²) in [6.45, 7) is 4.43. The highest BCUT2D eigenvalue weighted by molar-refractivity contribution is 5.82. The summed E-state index contributed by atoms with van der Waals surface area (Å²) in [6, 6.07) is 0.491. The second kappa shape index (κ2) is 8.75. The molecule has 0 N–H and O–H groups in total. The third-order valence-electron chi connectivity index (χ3n) is 4.64. The standard InChI is InChI=1S/C16H29NO3/c1-19-11-5-12-20-13-10-17-9-4-7-15(17)14-6-2-3-8-16(14)18/h14-15H,2-13H2,1H3. The van der Waals surface area contributed by atoms with Crippen LogP contribution in [0.15, 0.2) is 0 Å².